The molecular weight excluding hydrogens is 326 g/mol. The minimum atomic E-state index is -0.491. The predicted molar refractivity (Wildman–Crippen MR) is 55.6 cm³/mol. The average Bonchev–Trinajstić information content (AvgIpc) is 1.97. The Kier molecular flexibility index (Phi) is 2.58. The topological polar surface area (TPSA) is 52.0 Å². The highest BCUT2D eigenvalue weighted by Gasteiger charge is 2.10. The van der Waals surface area contributed by atoms with E-state index in [2.05, 4.69) is 15.9 Å². The monoisotopic (exact) mass is 330 g/mol. The molecule has 0 fully saturated rings. The first kappa shape index (κ1) is 9.05. The average molecular weight is 331 g/mol. The lowest BCUT2D eigenvalue weighted by Crippen LogP contribution is -1.99. The summed E-state index contributed by atoms with van der Waals surface area (Å²) in [5, 5.41) is 0. The molecule has 0 bridgehead atoms. The van der Waals surface area contributed by atoms with Crippen molar-refractivity contribution in [2.45, 2.75) is 0 Å². The van der Waals surface area contributed by atoms with E-state index in [0.29, 0.717) is 8.04 Å². The van der Waals surface area contributed by atoms with Gasteiger partial charge in [-0.15, -0.1) is 0 Å². The molecule has 0 aliphatic rings. The first-order chi connectivity index (χ1) is 5.04. The number of halogens is 3. The van der Waals surface area contributed by atoms with Crippen LogP contribution in [-0.4, -0.2) is 0 Å². The third-order valence-corrected chi connectivity index (χ3v) is 3.60. The summed E-state index contributed by atoms with van der Waals surface area (Å²) < 4.78 is 14.1. The van der Waals surface area contributed by atoms with E-state index in [4.69, 9.17) is 11.5 Å². The van der Waals surface area contributed by atoms with Crippen LogP contribution < -0.4 is 11.5 Å². The van der Waals surface area contributed by atoms with E-state index in [1.807, 2.05) is 22.6 Å². The molecule has 0 aliphatic heterocycles. The highest BCUT2D eigenvalue weighted by Crippen LogP contribution is 2.30. The molecule has 0 aliphatic carbocycles. The fourth-order valence-electron chi connectivity index (χ4n) is 0.627. The van der Waals surface area contributed by atoms with Crippen LogP contribution in [0.15, 0.2) is 10.5 Å². The van der Waals surface area contributed by atoms with Gasteiger partial charge in [0, 0.05) is 3.57 Å². The Morgan fingerprint density at radius 3 is 2.55 bits per heavy atom. The molecule has 60 valence electrons. The zero-order valence-electron chi connectivity index (χ0n) is 5.37. The fraction of sp³-hybridized carbons (Fsp3) is 0. The maximum Gasteiger partial charge on any atom is 0.163 e. The zero-order valence-corrected chi connectivity index (χ0v) is 9.11. The van der Waals surface area contributed by atoms with E-state index in [1.165, 1.54) is 0 Å². The van der Waals surface area contributed by atoms with Gasteiger partial charge in [0.25, 0.3) is 0 Å². The van der Waals surface area contributed by atoms with Crippen molar-refractivity contribution < 1.29 is 4.39 Å². The lowest BCUT2D eigenvalue weighted by atomic mass is 10.3. The van der Waals surface area contributed by atoms with Crippen LogP contribution in [-0.2, 0) is 0 Å². The highest BCUT2D eigenvalue weighted by molar-refractivity contribution is 14.1. The van der Waals surface area contributed by atoms with Gasteiger partial charge in [-0.25, -0.2) is 4.39 Å². The summed E-state index contributed by atoms with van der Waals surface area (Å²) in [4.78, 5) is 0. The summed E-state index contributed by atoms with van der Waals surface area (Å²) in [6, 6.07) is 1.61. The van der Waals surface area contributed by atoms with Gasteiger partial charge >= 0.3 is 0 Å². The van der Waals surface area contributed by atoms with Crippen LogP contribution in [0.25, 0.3) is 0 Å². The summed E-state index contributed by atoms with van der Waals surface area (Å²) in [5.41, 5.74) is 11.0. The molecule has 0 spiro atoms. The van der Waals surface area contributed by atoms with Crippen molar-refractivity contribution in [2.24, 2.45) is 0 Å². The van der Waals surface area contributed by atoms with E-state index in [1.54, 1.807) is 6.07 Å². The number of rotatable bonds is 0. The van der Waals surface area contributed by atoms with Crippen molar-refractivity contribution in [3.8, 4) is 0 Å². The molecule has 4 N–H and O–H groups in total. The van der Waals surface area contributed by atoms with E-state index in [0.717, 1.165) is 0 Å². The van der Waals surface area contributed by atoms with Crippen molar-refractivity contribution in [3.05, 3.63) is 19.9 Å². The number of hydrogen-bond donors (Lipinski definition) is 2. The van der Waals surface area contributed by atoms with E-state index in [-0.39, 0.29) is 11.4 Å². The molecule has 0 atom stereocenters. The number of hydrogen-bond acceptors (Lipinski definition) is 2. The van der Waals surface area contributed by atoms with Crippen molar-refractivity contribution in [3.63, 3.8) is 0 Å². The minimum absolute atomic E-state index is 0.00251. The van der Waals surface area contributed by atoms with Gasteiger partial charge in [-0.1, -0.05) is 0 Å². The molecule has 1 rings (SSSR count). The Hall–Kier alpha value is -0.0400. The van der Waals surface area contributed by atoms with Crippen LogP contribution >= 0.6 is 38.5 Å². The minimum Gasteiger partial charge on any atom is -0.397 e. The Morgan fingerprint density at radius 1 is 1.45 bits per heavy atom. The summed E-state index contributed by atoms with van der Waals surface area (Å²) in [6.07, 6.45) is 0. The molecule has 2 nitrogen and oxygen atoms in total. The molecule has 0 saturated carbocycles. The summed E-state index contributed by atoms with van der Waals surface area (Å²) in [5.74, 6) is -0.491. The van der Waals surface area contributed by atoms with Crippen LogP contribution in [0, 0.1) is 9.39 Å². The second-order valence-corrected chi connectivity index (χ2v) is 3.94. The molecule has 0 saturated heterocycles. The van der Waals surface area contributed by atoms with E-state index >= 15 is 0 Å². The molecule has 5 heteroatoms. The van der Waals surface area contributed by atoms with Crippen molar-refractivity contribution in [1.29, 1.82) is 0 Å². The number of nitrogen functional groups attached to an aromatic ring is 2. The molecule has 0 radical (unpaired) electrons. The smallest absolute Gasteiger partial charge is 0.163 e. The zero-order chi connectivity index (χ0) is 8.59. The van der Waals surface area contributed by atoms with Crippen LogP contribution in [0.1, 0.15) is 0 Å². The second-order valence-electron chi connectivity index (χ2n) is 1.99. The van der Waals surface area contributed by atoms with Gasteiger partial charge in [0.05, 0.1) is 15.8 Å². The predicted octanol–water partition coefficient (Wildman–Crippen LogP) is 2.36. The maximum atomic E-state index is 13.0. The first-order valence-corrected chi connectivity index (χ1v) is 4.59. The van der Waals surface area contributed by atoms with Crippen LogP contribution in [0.2, 0.25) is 0 Å². The second kappa shape index (κ2) is 3.14. The van der Waals surface area contributed by atoms with E-state index in [9.17, 15) is 4.39 Å². The molecule has 1 aromatic rings. The lowest BCUT2D eigenvalue weighted by Gasteiger charge is -2.04. The summed E-state index contributed by atoms with van der Waals surface area (Å²) in [6.45, 7) is 0. The molecule has 0 heterocycles. The van der Waals surface area contributed by atoms with Crippen LogP contribution in [0.5, 0.6) is 0 Å². The summed E-state index contributed by atoms with van der Waals surface area (Å²) >= 11 is 5.02. The fourth-order valence-corrected chi connectivity index (χ4v) is 1.53. The van der Waals surface area contributed by atoms with Crippen molar-refractivity contribution in [2.75, 3.05) is 11.5 Å². The number of benzene rings is 1. The lowest BCUT2D eigenvalue weighted by molar-refractivity contribution is 0.625. The van der Waals surface area contributed by atoms with Gasteiger partial charge < -0.3 is 11.5 Å². The Labute approximate surface area is 85.4 Å². The number of anilines is 2. The molecular formula is C6H5BrFIN2. The Bertz CT molecular complexity index is 277. The highest BCUT2D eigenvalue weighted by atomic mass is 127. The van der Waals surface area contributed by atoms with Gasteiger partial charge in [0.1, 0.15) is 0 Å². The standard InChI is InChI=1S/C6H5BrFIN2/c7-4-2(9)1-3(10)6(11)5(4)8/h1H,10-11H2. The molecule has 11 heavy (non-hydrogen) atoms. The van der Waals surface area contributed by atoms with Gasteiger partial charge in [-0.05, 0) is 44.6 Å². The first-order valence-electron chi connectivity index (χ1n) is 2.72. The largest absolute Gasteiger partial charge is 0.397 e. The normalized spacial score (nSPS) is 10.1. The Balaban J connectivity index is 3.46. The SMILES string of the molecule is Nc1cc(I)c(Br)c(F)c1N. The van der Waals surface area contributed by atoms with Crippen LogP contribution in [0.3, 0.4) is 0 Å². The number of nitrogens with two attached hydrogens (primary N) is 2. The molecule has 0 aromatic heterocycles. The molecule has 1 aromatic carbocycles. The van der Waals surface area contributed by atoms with Gasteiger partial charge in [0.2, 0.25) is 0 Å². The van der Waals surface area contributed by atoms with Crippen molar-refractivity contribution >= 4 is 49.9 Å². The third-order valence-electron chi connectivity index (χ3n) is 1.23. The van der Waals surface area contributed by atoms with Gasteiger partial charge in [0.15, 0.2) is 5.82 Å². The molecule has 0 amide bonds. The Morgan fingerprint density at radius 2 is 2.00 bits per heavy atom. The quantitative estimate of drug-likeness (QED) is 0.436. The summed E-state index contributed by atoms with van der Waals surface area (Å²) in [7, 11) is 0. The van der Waals surface area contributed by atoms with Crippen molar-refractivity contribution in [1.82, 2.24) is 0 Å². The third kappa shape index (κ3) is 1.58. The van der Waals surface area contributed by atoms with Gasteiger partial charge in [-0.3, -0.25) is 0 Å². The van der Waals surface area contributed by atoms with Gasteiger partial charge in [-0.2, -0.15) is 0 Å². The van der Waals surface area contributed by atoms with E-state index < -0.39 is 5.82 Å². The molecule has 0 unspecified atom stereocenters. The maximum absolute atomic E-state index is 13.0. The van der Waals surface area contributed by atoms with Crippen LogP contribution in [0.4, 0.5) is 15.8 Å².